The van der Waals surface area contributed by atoms with Crippen molar-refractivity contribution < 1.29 is 5.11 Å². The lowest BCUT2D eigenvalue weighted by Crippen LogP contribution is -2.28. The molecule has 3 heteroatoms. The van der Waals surface area contributed by atoms with Crippen molar-refractivity contribution in [1.29, 1.82) is 0 Å². The van der Waals surface area contributed by atoms with E-state index in [1.54, 1.807) is 0 Å². The first-order valence-electron chi connectivity index (χ1n) is 5.19. The van der Waals surface area contributed by atoms with Crippen molar-refractivity contribution >= 4 is 11.3 Å². The summed E-state index contributed by atoms with van der Waals surface area (Å²) in [5, 5.41) is 14.2. The molecule has 0 amide bonds. The van der Waals surface area contributed by atoms with E-state index in [1.807, 2.05) is 11.3 Å². The van der Waals surface area contributed by atoms with Gasteiger partial charge in [-0.25, -0.2) is 0 Å². The zero-order chi connectivity index (χ0) is 10.2. The topological polar surface area (TPSA) is 32.3 Å². The quantitative estimate of drug-likeness (QED) is 0.679. The molecule has 0 aliphatic rings. The van der Waals surface area contributed by atoms with Crippen LogP contribution >= 0.6 is 11.3 Å². The van der Waals surface area contributed by atoms with Gasteiger partial charge in [0.1, 0.15) is 0 Å². The molecule has 1 aromatic rings. The van der Waals surface area contributed by atoms with Crippen molar-refractivity contribution in [2.24, 2.45) is 0 Å². The summed E-state index contributed by atoms with van der Waals surface area (Å²) in [4.78, 5) is 1.44. The van der Waals surface area contributed by atoms with Gasteiger partial charge in [0.05, 0.1) is 0 Å². The Balaban J connectivity index is 2.07. The highest BCUT2D eigenvalue weighted by Crippen LogP contribution is 2.10. The van der Waals surface area contributed by atoms with Crippen molar-refractivity contribution in [2.45, 2.75) is 32.2 Å². The molecule has 1 heterocycles. The fourth-order valence-corrected chi connectivity index (χ4v) is 2.22. The van der Waals surface area contributed by atoms with E-state index in [9.17, 15) is 0 Å². The highest BCUT2D eigenvalue weighted by molar-refractivity contribution is 7.09. The Hall–Kier alpha value is -0.380. The summed E-state index contributed by atoms with van der Waals surface area (Å²) in [6.07, 6.45) is 3.07. The number of rotatable bonds is 7. The second-order valence-corrected chi connectivity index (χ2v) is 4.60. The summed E-state index contributed by atoms with van der Waals surface area (Å²) in [6.45, 7) is 3.52. The van der Waals surface area contributed by atoms with E-state index in [4.69, 9.17) is 5.11 Å². The van der Waals surface area contributed by atoms with Crippen LogP contribution in [0, 0.1) is 0 Å². The highest BCUT2D eigenvalue weighted by Gasteiger charge is 2.02. The number of unbranched alkanes of at least 4 members (excludes halogenated alkanes) is 1. The minimum atomic E-state index is 0.307. The molecule has 80 valence electrons. The van der Waals surface area contributed by atoms with Gasteiger partial charge in [-0.1, -0.05) is 6.07 Å². The highest BCUT2D eigenvalue weighted by atomic mass is 32.1. The van der Waals surface area contributed by atoms with E-state index < -0.39 is 0 Å². The Morgan fingerprint density at radius 1 is 1.50 bits per heavy atom. The lowest BCUT2D eigenvalue weighted by Gasteiger charge is -2.12. The van der Waals surface area contributed by atoms with Gasteiger partial charge in [0.15, 0.2) is 0 Å². The van der Waals surface area contributed by atoms with E-state index in [1.165, 1.54) is 4.88 Å². The smallest absolute Gasteiger partial charge is 0.0431 e. The zero-order valence-corrected chi connectivity index (χ0v) is 9.52. The maximum atomic E-state index is 8.61. The van der Waals surface area contributed by atoms with Gasteiger partial charge in [0, 0.05) is 17.5 Å². The molecule has 0 fully saturated rings. The molecule has 0 saturated heterocycles. The first-order valence-corrected chi connectivity index (χ1v) is 6.07. The van der Waals surface area contributed by atoms with Gasteiger partial charge in [-0.05, 0) is 44.2 Å². The predicted molar refractivity (Wildman–Crippen MR) is 61.8 cm³/mol. The molecule has 2 nitrogen and oxygen atoms in total. The maximum absolute atomic E-state index is 8.61. The van der Waals surface area contributed by atoms with Gasteiger partial charge in [-0.2, -0.15) is 0 Å². The third-order valence-corrected chi connectivity index (χ3v) is 3.06. The number of nitrogens with one attached hydrogen (secondary N) is 1. The normalized spacial score (nSPS) is 13.0. The molecule has 1 aromatic heterocycles. The van der Waals surface area contributed by atoms with Crippen LogP contribution in [0.3, 0.4) is 0 Å². The lowest BCUT2D eigenvalue weighted by molar-refractivity contribution is 0.283. The number of hydrogen-bond acceptors (Lipinski definition) is 3. The molecule has 2 N–H and O–H groups in total. The molecule has 1 atom stereocenters. The average molecular weight is 213 g/mol. The fourth-order valence-electron chi connectivity index (χ4n) is 1.39. The van der Waals surface area contributed by atoms with Gasteiger partial charge in [-0.3, -0.25) is 0 Å². The fraction of sp³-hybridized carbons (Fsp3) is 0.636. The van der Waals surface area contributed by atoms with Crippen molar-refractivity contribution in [3.63, 3.8) is 0 Å². The van der Waals surface area contributed by atoms with Crippen LogP contribution in [0.15, 0.2) is 17.5 Å². The summed E-state index contributed by atoms with van der Waals surface area (Å²) < 4.78 is 0. The average Bonchev–Trinajstić information content (AvgIpc) is 2.65. The van der Waals surface area contributed by atoms with Gasteiger partial charge in [0.2, 0.25) is 0 Å². The monoisotopic (exact) mass is 213 g/mol. The van der Waals surface area contributed by atoms with Crippen molar-refractivity contribution in [3.8, 4) is 0 Å². The molecule has 1 rings (SSSR count). The van der Waals surface area contributed by atoms with Crippen LogP contribution in [0.25, 0.3) is 0 Å². The van der Waals surface area contributed by atoms with Crippen LogP contribution in [-0.2, 0) is 6.42 Å². The first kappa shape index (κ1) is 11.7. The summed E-state index contributed by atoms with van der Waals surface area (Å²) in [5.74, 6) is 0. The molecule has 0 radical (unpaired) electrons. The van der Waals surface area contributed by atoms with E-state index in [0.717, 1.165) is 25.8 Å². The number of aliphatic hydroxyl groups is 1. The molecule has 0 spiro atoms. The minimum Gasteiger partial charge on any atom is -0.396 e. The van der Waals surface area contributed by atoms with Crippen LogP contribution in [0.4, 0.5) is 0 Å². The van der Waals surface area contributed by atoms with Crippen LogP contribution in [0.1, 0.15) is 24.6 Å². The van der Waals surface area contributed by atoms with Crippen LogP contribution in [-0.4, -0.2) is 24.3 Å². The predicted octanol–water partition coefficient (Wildman–Crippen LogP) is 2.04. The Morgan fingerprint density at radius 3 is 3.00 bits per heavy atom. The third-order valence-electron chi connectivity index (χ3n) is 2.17. The number of hydrogen-bond donors (Lipinski definition) is 2. The van der Waals surface area contributed by atoms with Gasteiger partial charge in [0.25, 0.3) is 0 Å². The molecule has 0 bridgehead atoms. The first-order chi connectivity index (χ1) is 6.83. The van der Waals surface area contributed by atoms with E-state index in [0.29, 0.717) is 12.6 Å². The molecular formula is C11H19NOS. The minimum absolute atomic E-state index is 0.307. The Labute approximate surface area is 90.0 Å². The molecule has 14 heavy (non-hydrogen) atoms. The van der Waals surface area contributed by atoms with Crippen molar-refractivity contribution in [2.75, 3.05) is 13.2 Å². The SMILES string of the molecule is CC(Cc1cccs1)NCCCCO. The van der Waals surface area contributed by atoms with Crippen LogP contribution in [0.2, 0.25) is 0 Å². The van der Waals surface area contributed by atoms with Crippen molar-refractivity contribution in [1.82, 2.24) is 5.32 Å². The van der Waals surface area contributed by atoms with Gasteiger partial charge < -0.3 is 10.4 Å². The Kier molecular flexibility index (Phi) is 5.83. The summed E-state index contributed by atoms with van der Waals surface area (Å²) >= 11 is 1.81. The standard InChI is InChI=1S/C11H19NOS/c1-10(12-6-2-3-7-13)9-11-5-4-8-14-11/h4-5,8,10,12-13H,2-3,6-7,9H2,1H3. The van der Waals surface area contributed by atoms with E-state index in [-0.39, 0.29) is 0 Å². The molecule has 0 aromatic carbocycles. The summed E-state index contributed by atoms with van der Waals surface area (Å²) in [7, 11) is 0. The second-order valence-electron chi connectivity index (χ2n) is 3.57. The number of aliphatic hydroxyl groups excluding tert-OH is 1. The maximum Gasteiger partial charge on any atom is 0.0431 e. The van der Waals surface area contributed by atoms with Crippen LogP contribution in [0.5, 0.6) is 0 Å². The second kappa shape index (κ2) is 6.98. The Bertz CT molecular complexity index is 223. The Morgan fingerprint density at radius 2 is 2.36 bits per heavy atom. The molecule has 0 saturated carbocycles. The summed E-state index contributed by atoms with van der Waals surface area (Å²) in [6, 6.07) is 4.81. The number of thiophene rings is 1. The molecule has 1 unspecified atom stereocenters. The lowest BCUT2D eigenvalue weighted by atomic mass is 10.2. The van der Waals surface area contributed by atoms with E-state index in [2.05, 4.69) is 29.8 Å². The largest absolute Gasteiger partial charge is 0.396 e. The van der Waals surface area contributed by atoms with Gasteiger partial charge in [-0.15, -0.1) is 11.3 Å². The molecule has 0 aliphatic carbocycles. The van der Waals surface area contributed by atoms with Crippen molar-refractivity contribution in [3.05, 3.63) is 22.4 Å². The molecule has 0 aliphatic heterocycles. The van der Waals surface area contributed by atoms with Gasteiger partial charge >= 0.3 is 0 Å². The summed E-state index contributed by atoms with van der Waals surface area (Å²) in [5.41, 5.74) is 0. The molecular weight excluding hydrogens is 194 g/mol. The zero-order valence-electron chi connectivity index (χ0n) is 8.70. The van der Waals surface area contributed by atoms with Crippen LogP contribution < -0.4 is 5.32 Å². The van der Waals surface area contributed by atoms with E-state index >= 15 is 0 Å². The third kappa shape index (κ3) is 4.74.